The fourth-order valence-corrected chi connectivity index (χ4v) is 3.09. The maximum absolute atomic E-state index is 12.6. The molecule has 0 bridgehead atoms. The fraction of sp³-hybridized carbons (Fsp3) is 0.391. The fourth-order valence-electron chi connectivity index (χ4n) is 3.09. The zero-order valence-electron chi connectivity index (χ0n) is 17.3. The molecule has 0 atom stereocenters. The van der Waals surface area contributed by atoms with Crippen molar-refractivity contribution in [2.45, 2.75) is 59.5 Å². The van der Waals surface area contributed by atoms with Crippen LogP contribution in [-0.2, 0) is 10.2 Å². The predicted molar refractivity (Wildman–Crippen MR) is 110 cm³/mol. The Balaban J connectivity index is 2.14. The van der Waals surface area contributed by atoms with Gasteiger partial charge in [-0.3, -0.25) is 9.55 Å². The summed E-state index contributed by atoms with van der Waals surface area (Å²) in [7, 11) is 0. The molecule has 0 saturated heterocycles. The Morgan fingerprint density at radius 3 is 2.37 bits per heavy atom. The van der Waals surface area contributed by atoms with E-state index in [-0.39, 0.29) is 11.5 Å². The van der Waals surface area contributed by atoms with E-state index >= 15 is 0 Å². The van der Waals surface area contributed by atoms with Crippen molar-refractivity contribution in [3.63, 3.8) is 0 Å². The van der Waals surface area contributed by atoms with Crippen LogP contribution in [0, 0.1) is 6.92 Å². The van der Waals surface area contributed by atoms with Crippen LogP contribution in [0.15, 0.2) is 42.7 Å². The molecule has 0 aliphatic rings. The highest BCUT2D eigenvalue weighted by molar-refractivity contribution is 5.99. The molecule has 0 fully saturated rings. The van der Waals surface area contributed by atoms with Gasteiger partial charge in [-0.15, -0.1) is 0 Å². The molecule has 27 heavy (non-hydrogen) atoms. The van der Waals surface area contributed by atoms with E-state index in [2.05, 4.69) is 37.9 Å². The van der Waals surface area contributed by atoms with E-state index in [9.17, 15) is 4.79 Å². The molecule has 2 aromatic heterocycles. The van der Waals surface area contributed by atoms with Gasteiger partial charge in [0.25, 0.3) is 0 Å². The SMILES string of the molecule is Cc1ncc(C(C)(C)C)cc1-c1cccc2c1ccn2C(=O)OC(C)(C)C. The first-order valence-corrected chi connectivity index (χ1v) is 9.28. The molecule has 3 rings (SSSR count). The average Bonchev–Trinajstić information content (AvgIpc) is 2.97. The van der Waals surface area contributed by atoms with Crippen LogP contribution >= 0.6 is 0 Å². The zero-order valence-corrected chi connectivity index (χ0v) is 17.3. The number of rotatable bonds is 1. The summed E-state index contributed by atoms with van der Waals surface area (Å²) in [6, 6.07) is 10.2. The number of carbonyl (C=O) groups is 1. The Hall–Kier alpha value is -2.62. The van der Waals surface area contributed by atoms with Crippen LogP contribution < -0.4 is 0 Å². The topological polar surface area (TPSA) is 44.1 Å². The maximum Gasteiger partial charge on any atom is 0.418 e. The molecule has 0 aliphatic heterocycles. The number of hydrogen-bond acceptors (Lipinski definition) is 3. The van der Waals surface area contributed by atoms with Crippen LogP contribution in [0.3, 0.4) is 0 Å². The summed E-state index contributed by atoms with van der Waals surface area (Å²) in [6.07, 6.45) is 3.36. The monoisotopic (exact) mass is 364 g/mol. The highest BCUT2D eigenvalue weighted by Crippen LogP contribution is 2.34. The van der Waals surface area contributed by atoms with Gasteiger partial charge in [0.05, 0.1) is 5.52 Å². The highest BCUT2D eigenvalue weighted by Gasteiger charge is 2.21. The molecule has 0 radical (unpaired) electrons. The van der Waals surface area contributed by atoms with Gasteiger partial charge >= 0.3 is 6.09 Å². The number of ether oxygens (including phenoxy) is 1. The minimum Gasteiger partial charge on any atom is -0.443 e. The van der Waals surface area contributed by atoms with Crippen molar-refractivity contribution >= 4 is 17.0 Å². The summed E-state index contributed by atoms with van der Waals surface area (Å²) in [5.74, 6) is 0. The van der Waals surface area contributed by atoms with Gasteiger partial charge in [-0.2, -0.15) is 0 Å². The van der Waals surface area contributed by atoms with E-state index in [0.717, 1.165) is 27.7 Å². The largest absolute Gasteiger partial charge is 0.443 e. The van der Waals surface area contributed by atoms with Crippen molar-refractivity contribution in [1.29, 1.82) is 0 Å². The molecule has 1 aromatic carbocycles. The second-order valence-electron chi connectivity index (χ2n) is 9.01. The molecule has 4 heteroatoms. The third-order valence-electron chi connectivity index (χ3n) is 4.57. The van der Waals surface area contributed by atoms with Gasteiger partial charge in [0, 0.05) is 29.0 Å². The van der Waals surface area contributed by atoms with Gasteiger partial charge in [0.15, 0.2) is 0 Å². The van der Waals surface area contributed by atoms with Crippen molar-refractivity contribution < 1.29 is 9.53 Å². The summed E-state index contributed by atoms with van der Waals surface area (Å²) in [4.78, 5) is 17.2. The Morgan fingerprint density at radius 2 is 1.74 bits per heavy atom. The van der Waals surface area contributed by atoms with E-state index < -0.39 is 5.60 Å². The molecule has 0 saturated carbocycles. The molecule has 142 valence electrons. The van der Waals surface area contributed by atoms with E-state index in [1.54, 1.807) is 10.8 Å². The summed E-state index contributed by atoms with van der Waals surface area (Å²) < 4.78 is 7.10. The number of benzene rings is 1. The molecule has 2 heterocycles. The van der Waals surface area contributed by atoms with Gasteiger partial charge in [-0.05, 0) is 62.4 Å². The molecule has 0 aliphatic carbocycles. The minimum atomic E-state index is -0.535. The Morgan fingerprint density at radius 1 is 1.04 bits per heavy atom. The van der Waals surface area contributed by atoms with Crippen molar-refractivity contribution in [3.05, 3.63) is 54.0 Å². The van der Waals surface area contributed by atoms with E-state index in [1.165, 1.54) is 5.56 Å². The van der Waals surface area contributed by atoms with E-state index in [0.29, 0.717) is 0 Å². The third kappa shape index (κ3) is 3.90. The van der Waals surface area contributed by atoms with Crippen molar-refractivity contribution in [2.75, 3.05) is 0 Å². The van der Waals surface area contributed by atoms with Crippen molar-refractivity contribution in [2.24, 2.45) is 0 Å². The van der Waals surface area contributed by atoms with Crippen LogP contribution in [-0.4, -0.2) is 21.2 Å². The zero-order chi connectivity index (χ0) is 20.0. The molecule has 0 N–H and O–H groups in total. The van der Waals surface area contributed by atoms with E-state index in [1.807, 2.05) is 52.1 Å². The lowest BCUT2D eigenvalue weighted by atomic mass is 9.86. The standard InChI is InChI=1S/C23H28N2O2/c1-15-19(13-16(14-24-15)22(2,3)4)17-9-8-10-20-18(17)11-12-25(20)21(26)27-23(5,6)7/h8-14H,1-7H3. The summed E-state index contributed by atoms with van der Waals surface area (Å²) in [5.41, 5.74) is 4.65. The summed E-state index contributed by atoms with van der Waals surface area (Å²) >= 11 is 0. The van der Waals surface area contributed by atoms with Crippen LogP contribution in [0.1, 0.15) is 52.8 Å². The quantitative estimate of drug-likeness (QED) is 0.524. The Labute approximate surface area is 161 Å². The summed E-state index contributed by atoms with van der Waals surface area (Å²) in [5, 5.41) is 1.01. The molecule has 4 nitrogen and oxygen atoms in total. The lowest BCUT2D eigenvalue weighted by Gasteiger charge is -2.21. The van der Waals surface area contributed by atoms with Crippen LogP contribution in [0.4, 0.5) is 4.79 Å². The van der Waals surface area contributed by atoms with Gasteiger partial charge < -0.3 is 4.74 Å². The third-order valence-corrected chi connectivity index (χ3v) is 4.57. The van der Waals surface area contributed by atoms with Crippen LogP contribution in [0.2, 0.25) is 0 Å². The predicted octanol–water partition coefficient (Wildman–Crippen LogP) is 6.09. The van der Waals surface area contributed by atoms with Gasteiger partial charge in [0.1, 0.15) is 5.60 Å². The highest BCUT2D eigenvalue weighted by atomic mass is 16.6. The molecule has 0 unspecified atom stereocenters. The number of carbonyl (C=O) groups excluding carboxylic acids is 1. The number of aromatic nitrogens is 2. The summed E-state index contributed by atoms with van der Waals surface area (Å²) in [6.45, 7) is 14.2. The first-order valence-electron chi connectivity index (χ1n) is 9.28. The number of aryl methyl sites for hydroxylation is 1. The molecular weight excluding hydrogens is 336 g/mol. The van der Waals surface area contributed by atoms with Crippen LogP contribution in [0.5, 0.6) is 0 Å². The smallest absolute Gasteiger partial charge is 0.418 e. The van der Waals surface area contributed by atoms with Crippen molar-refractivity contribution in [3.8, 4) is 11.1 Å². The normalized spacial score (nSPS) is 12.4. The van der Waals surface area contributed by atoms with Gasteiger partial charge in [-0.25, -0.2) is 4.79 Å². The average molecular weight is 364 g/mol. The Bertz CT molecular complexity index is 1000. The lowest BCUT2D eigenvalue weighted by Crippen LogP contribution is -2.26. The second-order valence-corrected chi connectivity index (χ2v) is 9.01. The molecular formula is C23H28N2O2. The lowest BCUT2D eigenvalue weighted by molar-refractivity contribution is 0.0544. The first kappa shape index (κ1) is 19.2. The number of nitrogens with zero attached hydrogens (tertiary/aromatic N) is 2. The minimum absolute atomic E-state index is 0.0196. The molecule has 0 amide bonds. The van der Waals surface area contributed by atoms with E-state index in [4.69, 9.17) is 4.74 Å². The Kier molecular flexibility index (Phi) is 4.62. The number of pyridine rings is 1. The number of fused-ring (bicyclic) bond motifs is 1. The number of hydrogen-bond donors (Lipinski definition) is 0. The molecule has 3 aromatic rings. The van der Waals surface area contributed by atoms with Gasteiger partial charge in [-0.1, -0.05) is 32.9 Å². The van der Waals surface area contributed by atoms with Crippen LogP contribution in [0.25, 0.3) is 22.0 Å². The van der Waals surface area contributed by atoms with Crippen molar-refractivity contribution in [1.82, 2.24) is 9.55 Å². The first-order chi connectivity index (χ1) is 12.5. The maximum atomic E-state index is 12.6. The molecule has 0 spiro atoms. The second kappa shape index (κ2) is 6.52. The van der Waals surface area contributed by atoms with Gasteiger partial charge in [0.2, 0.25) is 0 Å².